The number of nitrogens with zero attached hydrogens (tertiary/aromatic N) is 1. The molecule has 0 saturated heterocycles. The lowest BCUT2D eigenvalue weighted by atomic mass is 9.75. The van der Waals surface area contributed by atoms with Gasteiger partial charge in [-0.15, -0.1) is 0 Å². The number of rotatable bonds is 9. The monoisotopic (exact) mass is 554 g/mol. The summed E-state index contributed by atoms with van der Waals surface area (Å²) in [5.41, 5.74) is 1.32. The van der Waals surface area contributed by atoms with E-state index in [2.05, 4.69) is 26.1 Å². The number of carbonyl (C=O) groups is 2. The van der Waals surface area contributed by atoms with Gasteiger partial charge in [-0.1, -0.05) is 58.2 Å². The average Bonchev–Trinajstić information content (AvgIpc) is 3.61. The lowest BCUT2D eigenvalue weighted by molar-refractivity contribution is -0.150. The summed E-state index contributed by atoms with van der Waals surface area (Å²) in [4.78, 5) is 29.2. The maximum absolute atomic E-state index is 14.0. The molecule has 220 valence electrons. The standard InChI is InChI=1S/C32H46N2O6/c1-19(2)22-13-12-20(3)16-27(22)39-18-28(36)34(21-8-4-5-9-21)25-17-24(32(38)33-14-15-35)29-23-10-6-7-11-26(23)40-31(29)30(25)37/h6-7,10-11,17,19-22,25,27,29-31,35,37H,4-5,8-9,12-16,18H2,1-3H3,(H,33,38)/t20-,22+,25+,27-,29-,30-,31-/m0/s1. The van der Waals surface area contributed by atoms with Crippen LogP contribution in [-0.2, 0) is 14.3 Å². The molecule has 7 atom stereocenters. The van der Waals surface area contributed by atoms with Crippen LogP contribution in [0, 0.1) is 17.8 Å². The lowest BCUT2D eigenvalue weighted by Crippen LogP contribution is -2.58. The Bertz CT molecular complexity index is 1080. The van der Waals surface area contributed by atoms with Gasteiger partial charge >= 0.3 is 0 Å². The van der Waals surface area contributed by atoms with Crippen molar-refractivity contribution < 1.29 is 29.3 Å². The molecule has 2 amide bonds. The number of nitrogens with one attached hydrogen (secondary N) is 1. The molecule has 0 spiro atoms. The molecule has 1 aromatic rings. The molecular weight excluding hydrogens is 508 g/mol. The number of benzene rings is 1. The van der Waals surface area contributed by atoms with Crippen LogP contribution in [0.25, 0.3) is 0 Å². The first-order valence-corrected chi connectivity index (χ1v) is 15.3. The normalized spacial score (nSPS) is 31.8. The summed E-state index contributed by atoms with van der Waals surface area (Å²) in [6, 6.07) is 6.80. The fraction of sp³-hybridized carbons (Fsp3) is 0.688. The van der Waals surface area contributed by atoms with E-state index in [1.807, 2.05) is 24.3 Å². The summed E-state index contributed by atoms with van der Waals surface area (Å²) in [6.45, 7) is 6.63. The smallest absolute Gasteiger partial charge is 0.249 e. The zero-order valence-corrected chi connectivity index (χ0v) is 24.1. The number of carbonyl (C=O) groups excluding carboxylic acids is 2. The second kappa shape index (κ2) is 12.6. The zero-order valence-electron chi connectivity index (χ0n) is 24.1. The van der Waals surface area contributed by atoms with Gasteiger partial charge in [0.2, 0.25) is 11.8 Å². The Kier molecular flexibility index (Phi) is 9.18. The van der Waals surface area contributed by atoms with Crippen LogP contribution in [0.1, 0.15) is 77.2 Å². The third-order valence-electron chi connectivity index (χ3n) is 9.59. The highest BCUT2D eigenvalue weighted by Crippen LogP contribution is 2.47. The topological polar surface area (TPSA) is 108 Å². The molecule has 8 heteroatoms. The van der Waals surface area contributed by atoms with Crippen LogP contribution in [0.15, 0.2) is 35.9 Å². The molecule has 5 rings (SSSR count). The van der Waals surface area contributed by atoms with E-state index in [0.29, 0.717) is 29.1 Å². The highest BCUT2D eigenvalue weighted by molar-refractivity contribution is 5.96. The Balaban J connectivity index is 1.44. The second-order valence-corrected chi connectivity index (χ2v) is 12.6. The van der Waals surface area contributed by atoms with E-state index >= 15 is 0 Å². The van der Waals surface area contributed by atoms with E-state index in [9.17, 15) is 19.8 Å². The van der Waals surface area contributed by atoms with Crippen LogP contribution in [0.2, 0.25) is 0 Å². The molecule has 0 aromatic heterocycles. The molecule has 1 heterocycles. The minimum absolute atomic E-state index is 0.0275. The van der Waals surface area contributed by atoms with Crippen molar-refractivity contribution in [1.82, 2.24) is 10.2 Å². The van der Waals surface area contributed by atoms with Gasteiger partial charge in [-0.25, -0.2) is 0 Å². The number of hydrogen-bond acceptors (Lipinski definition) is 6. The Labute approximate surface area is 238 Å². The predicted octanol–water partition coefficient (Wildman–Crippen LogP) is 3.56. The van der Waals surface area contributed by atoms with Gasteiger partial charge in [-0.05, 0) is 55.6 Å². The molecule has 1 aliphatic heterocycles. The number of fused-ring (bicyclic) bond motifs is 3. The first kappa shape index (κ1) is 29.1. The minimum atomic E-state index is -1.01. The van der Waals surface area contributed by atoms with Crippen LogP contribution < -0.4 is 10.1 Å². The highest BCUT2D eigenvalue weighted by atomic mass is 16.5. The van der Waals surface area contributed by atoms with Crippen molar-refractivity contribution in [3.8, 4) is 5.75 Å². The maximum atomic E-state index is 14.0. The number of hydrogen-bond donors (Lipinski definition) is 3. The third kappa shape index (κ3) is 5.81. The van der Waals surface area contributed by atoms with Gasteiger partial charge in [-0.2, -0.15) is 0 Å². The van der Waals surface area contributed by atoms with Gasteiger partial charge in [0, 0.05) is 23.7 Å². The van der Waals surface area contributed by atoms with Gasteiger partial charge < -0.3 is 29.9 Å². The maximum Gasteiger partial charge on any atom is 0.249 e. The second-order valence-electron chi connectivity index (χ2n) is 12.6. The van der Waals surface area contributed by atoms with Gasteiger partial charge in [-0.3, -0.25) is 9.59 Å². The van der Waals surface area contributed by atoms with E-state index in [1.165, 1.54) is 6.42 Å². The van der Waals surface area contributed by atoms with Crippen molar-refractivity contribution in [2.75, 3.05) is 19.8 Å². The molecule has 3 N–H and O–H groups in total. The van der Waals surface area contributed by atoms with Crippen molar-refractivity contribution in [3.05, 3.63) is 41.5 Å². The molecule has 8 nitrogen and oxygen atoms in total. The van der Waals surface area contributed by atoms with Crippen LogP contribution in [0.5, 0.6) is 5.75 Å². The number of amides is 2. The van der Waals surface area contributed by atoms with Crippen molar-refractivity contribution in [2.24, 2.45) is 17.8 Å². The van der Waals surface area contributed by atoms with E-state index in [1.54, 1.807) is 11.0 Å². The van der Waals surface area contributed by atoms with E-state index in [4.69, 9.17) is 9.47 Å². The fourth-order valence-corrected chi connectivity index (χ4v) is 7.52. The van der Waals surface area contributed by atoms with Crippen LogP contribution in [0.4, 0.5) is 0 Å². The Morgan fingerprint density at radius 2 is 1.90 bits per heavy atom. The van der Waals surface area contributed by atoms with E-state index in [-0.39, 0.29) is 43.7 Å². The van der Waals surface area contributed by atoms with Crippen LogP contribution >= 0.6 is 0 Å². The van der Waals surface area contributed by atoms with Crippen molar-refractivity contribution in [3.63, 3.8) is 0 Å². The largest absolute Gasteiger partial charge is 0.486 e. The van der Waals surface area contributed by atoms with Gasteiger partial charge in [0.25, 0.3) is 0 Å². The van der Waals surface area contributed by atoms with Crippen LogP contribution in [0.3, 0.4) is 0 Å². The van der Waals surface area contributed by atoms with Gasteiger partial charge in [0.1, 0.15) is 24.6 Å². The summed E-state index contributed by atoms with van der Waals surface area (Å²) < 4.78 is 12.6. The molecule has 2 saturated carbocycles. The van der Waals surface area contributed by atoms with Crippen molar-refractivity contribution in [1.29, 1.82) is 0 Å². The SMILES string of the molecule is CC(C)[C@H]1CC[C@H](C)C[C@@H]1OCC(=O)N(C1CCCC1)[C@@H]1C=C(C(=O)NCCO)[C@@H]2c3ccccc3O[C@@H]2[C@H]1O. The molecule has 0 bridgehead atoms. The summed E-state index contributed by atoms with van der Waals surface area (Å²) in [5.74, 6) is 1.23. The van der Waals surface area contributed by atoms with Gasteiger partial charge in [0.15, 0.2) is 0 Å². The number of aliphatic hydroxyl groups is 2. The third-order valence-corrected chi connectivity index (χ3v) is 9.59. The fourth-order valence-electron chi connectivity index (χ4n) is 7.52. The summed E-state index contributed by atoms with van der Waals surface area (Å²) in [7, 11) is 0. The number of ether oxygens (including phenoxy) is 2. The number of para-hydroxylation sites is 1. The Morgan fingerprint density at radius 3 is 2.62 bits per heavy atom. The van der Waals surface area contributed by atoms with E-state index < -0.39 is 24.2 Å². The molecule has 3 aliphatic carbocycles. The molecule has 2 fully saturated rings. The average molecular weight is 555 g/mol. The summed E-state index contributed by atoms with van der Waals surface area (Å²) in [5, 5.41) is 23.9. The van der Waals surface area contributed by atoms with Crippen molar-refractivity contribution >= 4 is 11.8 Å². The minimum Gasteiger partial charge on any atom is -0.486 e. The predicted molar refractivity (Wildman–Crippen MR) is 152 cm³/mol. The molecule has 0 radical (unpaired) electrons. The molecule has 0 unspecified atom stereocenters. The Morgan fingerprint density at radius 1 is 1.15 bits per heavy atom. The number of aliphatic hydroxyl groups excluding tert-OH is 2. The van der Waals surface area contributed by atoms with Crippen molar-refractivity contribution in [2.45, 2.75) is 102 Å². The molecular formula is C32H46N2O6. The lowest BCUT2D eigenvalue weighted by Gasteiger charge is -2.43. The first-order chi connectivity index (χ1) is 19.3. The Hall–Kier alpha value is -2.42. The molecule has 4 aliphatic rings. The first-order valence-electron chi connectivity index (χ1n) is 15.3. The summed E-state index contributed by atoms with van der Waals surface area (Å²) in [6.07, 6.45) is 7.15. The van der Waals surface area contributed by atoms with Gasteiger partial charge in [0.05, 0.1) is 24.7 Å². The van der Waals surface area contributed by atoms with Crippen LogP contribution in [-0.4, -0.2) is 77.1 Å². The molecule has 40 heavy (non-hydrogen) atoms. The quantitative estimate of drug-likeness (QED) is 0.431. The summed E-state index contributed by atoms with van der Waals surface area (Å²) >= 11 is 0. The molecule has 1 aromatic carbocycles. The van der Waals surface area contributed by atoms with E-state index in [0.717, 1.165) is 44.1 Å². The highest BCUT2D eigenvalue weighted by Gasteiger charge is 2.51. The zero-order chi connectivity index (χ0) is 28.4.